The van der Waals surface area contributed by atoms with Gasteiger partial charge in [0.05, 0.1) is 0 Å². The van der Waals surface area contributed by atoms with Crippen LogP contribution in [0.15, 0.2) is 49.1 Å². The van der Waals surface area contributed by atoms with Gasteiger partial charge in [-0.05, 0) is 55.1 Å². The molecule has 1 atom stereocenters. The van der Waals surface area contributed by atoms with Gasteiger partial charge in [0.15, 0.2) is 0 Å². The summed E-state index contributed by atoms with van der Waals surface area (Å²) in [5.74, 6) is 0.692. The van der Waals surface area contributed by atoms with Crippen LogP contribution in [0, 0.1) is 5.92 Å². The second-order valence-electron chi connectivity index (χ2n) is 5.78. The molecule has 2 N–H and O–H groups in total. The first-order valence-corrected chi connectivity index (χ1v) is 8.04. The summed E-state index contributed by atoms with van der Waals surface area (Å²) in [6, 6.07) is 8.17. The molecule has 0 fully saturated rings. The molecular formula is C18H26N4. The zero-order valence-electron chi connectivity index (χ0n) is 13.3. The highest BCUT2D eigenvalue weighted by Gasteiger charge is 2.02. The number of hydrogen-bond donors (Lipinski definition) is 2. The molecule has 4 nitrogen and oxygen atoms in total. The van der Waals surface area contributed by atoms with Crippen LogP contribution < -0.4 is 10.6 Å². The Bertz CT molecular complexity index is 501. The molecule has 0 aliphatic rings. The van der Waals surface area contributed by atoms with Crippen molar-refractivity contribution in [3.8, 4) is 0 Å². The SMILES string of the molecule is CC(CCCNCc1cccnc1)CNCc1cccnc1. The Kier molecular flexibility index (Phi) is 7.56. The number of hydrogen-bond acceptors (Lipinski definition) is 4. The smallest absolute Gasteiger partial charge is 0.0312 e. The Hall–Kier alpha value is -1.78. The average Bonchev–Trinajstić information content (AvgIpc) is 2.56. The summed E-state index contributed by atoms with van der Waals surface area (Å²) in [5, 5.41) is 6.97. The van der Waals surface area contributed by atoms with Crippen LogP contribution in [0.1, 0.15) is 30.9 Å². The van der Waals surface area contributed by atoms with Gasteiger partial charge in [0, 0.05) is 37.9 Å². The number of rotatable bonds is 10. The van der Waals surface area contributed by atoms with E-state index in [-0.39, 0.29) is 0 Å². The molecular weight excluding hydrogens is 272 g/mol. The molecule has 2 aromatic rings. The number of nitrogens with one attached hydrogen (secondary N) is 2. The summed E-state index contributed by atoms with van der Waals surface area (Å²) in [5.41, 5.74) is 2.49. The van der Waals surface area contributed by atoms with E-state index in [9.17, 15) is 0 Å². The van der Waals surface area contributed by atoms with Gasteiger partial charge in [0.25, 0.3) is 0 Å². The van der Waals surface area contributed by atoms with Gasteiger partial charge in [-0.2, -0.15) is 0 Å². The molecule has 0 aliphatic carbocycles. The van der Waals surface area contributed by atoms with Gasteiger partial charge in [-0.25, -0.2) is 0 Å². The number of nitrogens with zero attached hydrogens (tertiary/aromatic N) is 2. The summed E-state index contributed by atoms with van der Waals surface area (Å²) in [6.45, 7) is 6.22. The second kappa shape index (κ2) is 10.0. The third kappa shape index (κ3) is 6.78. The highest BCUT2D eigenvalue weighted by Crippen LogP contribution is 2.04. The highest BCUT2D eigenvalue weighted by molar-refractivity contribution is 5.08. The predicted molar refractivity (Wildman–Crippen MR) is 90.3 cm³/mol. The van der Waals surface area contributed by atoms with Crippen molar-refractivity contribution in [3.05, 3.63) is 60.2 Å². The number of aromatic nitrogens is 2. The van der Waals surface area contributed by atoms with E-state index in [0.29, 0.717) is 5.92 Å². The average molecular weight is 298 g/mol. The van der Waals surface area contributed by atoms with Crippen molar-refractivity contribution < 1.29 is 0 Å². The molecule has 2 heterocycles. The summed E-state index contributed by atoms with van der Waals surface area (Å²) in [6.07, 6.45) is 9.89. The standard InChI is InChI=1S/C18H26N4/c1-16(11-22-15-18-7-4-10-21-14-18)5-2-8-19-12-17-6-3-9-20-13-17/h3-4,6-7,9-10,13-14,16,19,22H,2,5,8,11-12,15H2,1H3. The first-order valence-electron chi connectivity index (χ1n) is 8.04. The summed E-state index contributed by atoms with van der Waals surface area (Å²) >= 11 is 0. The van der Waals surface area contributed by atoms with E-state index in [1.165, 1.54) is 24.0 Å². The maximum atomic E-state index is 4.12. The highest BCUT2D eigenvalue weighted by atomic mass is 14.9. The maximum absolute atomic E-state index is 4.12. The summed E-state index contributed by atoms with van der Waals surface area (Å²) in [7, 11) is 0. The van der Waals surface area contributed by atoms with Gasteiger partial charge in [-0.1, -0.05) is 19.1 Å². The minimum Gasteiger partial charge on any atom is -0.313 e. The van der Waals surface area contributed by atoms with Crippen LogP contribution in [-0.4, -0.2) is 23.1 Å². The Balaban J connectivity index is 1.48. The van der Waals surface area contributed by atoms with Gasteiger partial charge in [-0.3, -0.25) is 9.97 Å². The topological polar surface area (TPSA) is 49.8 Å². The molecule has 0 aliphatic heterocycles. The van der Waals surface area contributed by atoms with Crippen LogP contribution in [0.4, 0.5) is 0 Å². The molecule has 0 amide bonds. The Morgan fingerprint density at radius 3 is 2.18 bits per heavy atom. The monoisotopic (exact) mass is 298 g/mol. The third-order valence-corrected chi connectivity index (χ3v) is 3.65. The Morgan fingerprint density at radius 1 is 0.955 bits per heavy atom. The fourth-order valence-corrected chi connectivity index (χ4v) is 2.38. The van der Waals surface area contributed by atoms with Crippen molar-refractivity contribution in [1.29, 1.82) is 0 Å². The van der Waals surface area contributed by atoms with Gasteiger partial charge < -0.3 is 10.6 Å². The van der Waals surface area contributed by atoms with Crippen LogP contribution in [-0.2, 0) is 13.1 Å². The molecule has 118 valence electrons. The first-order chi connectivity index (χ1) is 10.8. The van der Waals surface area contributed by atoms with E-state index in [0.717, 1.165) is 26.2 Å². The van der Waals surface area contributed by atoms with Crippen molar-refractivity contribution in [3.63, 3.8) is 0 Å². The molecule has 4 heteroatoms. The van der Waals surface area contributed by atoms with Crippen LogP contribution >= 0.6 is 0 Å². The van der Waals surface area contributed by atoms with E-state index in [1.54, 1.807) is 0 Å². The molecule has 0 saturated heterocycles. The zero-order chi connectivity index (χ0) is 15.5. The van der Waals surface area contributed by atoms with Crippen molar-refractivity contribution >= 4 is 0 Å². The van der Waals surface area contributed by atoms with E-state index >= 15 is 0 Å². The lowest BCUT2D eigenvalue weighted by Gasteiger charge is -2.13. The van der Waals surface area contributed by atoms with Gasteiger partial charge in [-0.15, -0.1) is 0 Å². The largest absolute Gasteiger partial charge is 0.313 e. The fraction of sp³-hybridized carbons (Fsp3) is 0.444. The Labute approximate surface area is 133 Å². The molecule has 2 aromatic heterocycles. The van der Waals surface area contributed by atoms with E-state index in [2.05, 4.69) is 39.7 Å². The van der Waals surface area contributed by atoms with Crippen LogP contribution in [0.3, 0.4) is 0 Å². The molecule has 0 bridgehead atoms. The lowest BCUT2D eigenvalue weighted by molar-refractivity contribution is 0.456. The van der Waals surface area contributed by atoms with Crippen LogP contribution in [0.5, 0.6) is 0 Å². The van der Waals surface area contributed by atoms with E-state index < -0.39 is 0 Å². The molecule has 22 heavy (non-hydrogen) atoms. The lowest BCUT2D eigenvalue weighted by atomic mass is 10.1. The van der Waals surface area contributed by atoms with Crippen molar-refractivity contribution in [2.24, 2.45) is 5.92 Å². The fourth-order valence-electron chi connectivity index (χ4n) is 2.38. The minimum atomic E-state index is 0.692. The number of pyridine rings is 2. The quantitative estimate of drug-likeness (QED) is 0.662. The van der Waals surface area contributed by atoms with Gasteiger partial charge in [0.1, 0.15) is 0 Å². The summed E-state index contributed by atoms with van der Waals surface area (Å²) in [4.78, 5) is 8.24. The van der Waals surface area contributed by atoms with Crippen LogP contribution in [0.2, 0.25) is 0 Å². The van der Waals surface area contributed by atoms with Gasteiger partial charge >= 0.3 is 0 Å². The Morgan fingerprint density at radius 2 is 1.59 bits per heavy atom. The molecule has 2 rings (SSSR count). The van der Waals surface area contributed by atoms with Crippen molar-refractivity contribution in [1.82, 2.24) is 20.6 Å². The van der Waals surface area contributed by atoms with E-state index in [4.69, 9.17) is 0 Å². The summed E-state index contributed by atoms with van der Waals surface area (Å²) < 4.78 is 0. The lowest BCUT2D eigenvalue weighted by Crippen LogP contribution is -2.22. The molecule has 0 aromatic carbocycles. The maximum Gasteiger partial charge on any atom is 0.0312 e. The van der Waals surface area contributed by atoms with E-state index in [1.807, 2.05) is 36.9 Å². The molecule has 0 spiro atoms. The van der Waals surface area contributed by atoms with Crippen molar-refractivity contribution in [2.45, 2.75) is 32.9 Å². The normalized spacial score (nSPS) is 12.2. The molecule has 0 radical (unpaired) electrons. The third-order valence-electron chi connectivity index (χ3n) is 3.65. The van der Waals surface area contributed by atoms with Crippen molar-refractivity contribution in [2.75, 3.05) is 13.1 Å². The zero-order valence-corrected chi connectivity index (χ0v) is 13.3. The van der Waals surface area contributed by atoms with Crippen LogP contribution in [0.25, 0.3) is 0 Å². The molecule has 1 unspecified atom stereocenters. The predicted octanol–water partition coefficient (Wildman–Crippen LogP) is 2.77. The minimum absolute atomic E-state index is 0.692. The van der Waals surface area contributed by atoms with Gasteiger partial charge in [0.2, 0.25) is 0 Å². The first kappa shape index (κ1) is 16.6. The second-order valence-corrected chi connectivity index (χ2v) is 5.78. The molecule has 0 saturated carbocycles.